The number of carbonyl (C=O) groups excluding carboxylic acids is 1. The molecule has 2 heterocycles. The maximum atomic E-state index is 13.6. The van der Waals surface area contributed by atoms with Gasteiger partial charge in [0.15, 0.2) is 0 Å². The van der Waals surface area contributed by atoms with Gasteiger partial charge < -0.3 is 14.5 Å². The highest BCUT2D eigenvalue weighted by atomic mass is 79.9. The molecule has 0 aromatic heterocycles. The topological polar surface area (TPSA) is 32.8 Å². The molecule has 4 nitrogen and oxygen atoms in total. The van der Waals surface area contributed by atoms with Crippen molar-refractivity contribution in [3.63, 3.8) is 0 Å². The van der Waals surface area contributed by atoms with E-state index >= 15 is 0 Å². The van der Waals surface area contributed by atoms with E-state index in [0.717, 1.165) is 15.6 Å². The zero-order valence-corrected chi connectivity index (χ0v) is 19.2. The van der Waals surface area contributed by atoms with Crippen LogP contribution in [0.15, 0.2) is 53.0 Å². The maximum Gasteiger partial charge on any atom is 0.411 e. The molecule has 2 aromatic rings. The van der Waals surface area contributed by atoms with Gasteiger partial charge >= 0.3 is 6.09 Å². The first kappa shape index (κ1) is 22.2. The van der Waals surface area contributed by atoms with E-state index in [-0.39, 0.29) is 18.0 Å². The Kier molecular flexibility index (Phi) is 6.63. The Morgan fingerprint density at radius 2 is 1.87 bits per heavy atom. The molecule has 0 radical (unpaired) electrons. The van der Waals surface area contributed by atoms with Crippen LogP contribution in [0.25, 0.3) is 0 Å². The summed E-state index contributed by atoms with van der Waals surface area (Å²) >= 11 is 3.44. The largest absolute Gasteiger partial charge is 0.438 e. The third-order valence-corrected chi connectivity index (χ3v) is 7.04. The molecule has 31 heavy (non-hydrogen) atoms. The van der Waals surface area contributed by atoms with Gasteiger partial charge in [0.25, 0.3) is 0 Å². The number of nitrogens with zero attached hydrogens (tertiary/aromatic N) is 2. The van der Waals surface area contributed by atoms with E-state index in [9.17, 15) is 13.6 Å². The van der Waals surface area contributed by atoms with Crippen molar-refractivity contribution in [1.29, 1.82) is 0 Å². The van der Waals surface area contributed by atoms with Gasteiger partial charge in [0.1, 0.15) is 17.6 Å². The quantitative estimate of drug-likeness (QED) is 0.509. The SMILES string of the molecule is C[C@@H](c1ccc(Br)cc1)N1CCC(CCN2CCC(F)C2)(c2ccc(F)cc2)OC1=O. The molecule has 1 amide bonds. The molecule has 2 fully saturated rings. The monoisotopic (exact) mass is 492 g/mol. The van der Waals surface area contributed by atoms with E-state index in [4.69, 9.17) is 4.74 Å². The van der Waals surface area contributed by atoms with Crippen molar-refractivity contribution >= 4 is 22.0 Å². The molecule has 0 saturated carbocycles. The molecule has 2 aromatic carbocycles. The normalized spacial score (nSPS) is 25.5. The molecule has 2 saturated heterocycles. The van der Waals surface area contributed by atoms with Crippen molar-refractivity contribution in [2.45, 2.75) is 44.0 Å². The summed E-state index contributed by atoms with van der Waals surface area (Å²) < 4.78 is 34.2. The molecule has 166 valence electrons. The number of ether oxygens (including phenoxy) is 1. The lowest BCUT2D eigenvalue weighted by atomic mass is 9.85. The van der Waals surface area contributed by atoms with Gasteiger partial charge in [-0.2, -0.15) is 0 Å². The van der Waals surface area contributed by atoms with Crippen LogP contribution in [0.4, 0.5) is 13.6 Å². The minimum atomic E-state index is -0.838. The Hall–Kier alpha value is -1.99. The fourth-order valence-corrected chi connectivity index (χ4v) is 4.81. The van der Waals surface area contributed by atoms with Gasteiger partial charge in [-0.25, -0.2) is 13.6 Å². The van der Waals surface area contributed by atoms with Crippen LogP contribution in [-0.4, -0.2) is 48.2 Å². The summed E-state index contributed by atoms with van der Waals surface area (Å²) in [7, 11) is 0. The van der Waals surface area contributed by atoms with Crippen LogP contribution in [0.1, 0.15) is 43.4 Å². The molecule has 0 aliphatic carbocycles. The minimum absolute atomic E-state index is 0.127. The fraction of sp³-hybridized carbons (Fsp3) is 0.458. The number of alkyl halides is 1. The number of carbonyl (C=O) groups is 1. The van der Waals surface area contributed by atoms with Crippen molar-refractivity contribution < 1.29 is 18.3 Å². The molecular weight excluding hydrogens is 466 g/mol. The van der Waals surface area contributed by atoms with Gasteiger partial charge in [0.2, 0.25) is 0 Å². The number of hydrogen-bond donors (Lipinski definition) is 0. The molecule has 2 aliphatic heterocycles. The molecule has 2 unspecified atom stereocenters. The van der Waals surface area contributed by atoms with Crippen LogP contribution in [0, 0.1) is 5.82 Å². The molecule has 7 heteroatoms. The van der Waals surface area contributed by atoms with Crippen LogP contribution in [0.2, 0.25) is 0 Å². The zero-order valence-electron chi connectivity index (χ0n) is 17.6. The summed E-state index contributed by atoms with van der Waals surface area (Å²) in [6.45, 7) is 4.27. The van der Waals surface area contributed by atoms with Gasteiger partial charge in [-0.1, -0.05) is 40.2 Å². The average molecular weight is 493 g/mol. The van der Waals surface area contributed by atoms with Crippen molar-refractivity contribution in [2.24, 2.45) is 0 Å². The highest BCUT2D eigenvalue weighted by Crippen LogP contribution is 2.40. The molecule has 0 spiro atoms. The Morgan fingerprint density at radius 1 is 1.16 bits per heavy atom. The number of hydrogen-bond acceptors (Lipinski definition) is 3. The van der Waals surface area contributed by atoms with E-state index < -0.39 is 11.8 Å². The summed E-state index contributed by atoms with van der Waals surface area (Å²) in [4.78, 5) is 16.9. The summed E-state index contributed by atoms with van der Waals surface area (Å²) in [5.74, 6) is -0.327. The second kappa shape index (κ2) is 9.25. The van der Waals surface area contributed by atoms with E-state index in [1.807, 2.05) is 31.2 Å². The van der Waals surface area contributed by atoms with Crippen molar-refractivity contribution in [2.75, 3.05) is 26.2 Å². The lowest BCUT2D eigenvalue weighted by Crippen LogP contribution is -2.49. The molecule has 3 atom stereocenters. The lowest BCUT2D eigenvalue weighted by Gasteiger charge is -2.44. The van der Waals surface area contributed by atoms with Crippen molar-refractivity contribution in [1.82, 2.24) is 9.80 Å². The highest BCUT2D eigenvalue weighted by Gasteiger charge is 2.44. The number of likely N-dealkylation sites (tertiary alicyclic amines) is 1. The predicted octanol–water partition coefficient (Wildman–Crippen LogP) is 5.82. The predicted molar refractivity (Wildman–Crippen MR) is 119 cm³/mol. The van der Waals surface area contributed by atoms with Crippen molar-refractivity contribution in [3.05, 3.63) is 69.9 Å². The summed E-state index contributed by atoms with van der Waals surface area (Å²) in [5.41, 5.74) is 0.976. The molecule has 2 aliphatic rings. The number of rotatable bonds is 6. The molecule has 4 rings (SSSR count). The maximum absolute atomic E-state index is 13.6. The summed E-state index contributed by atoms with van der Waals surface area (Å²) in [6, 6.07) is 13.9. The second-order valence-electron chi connectivity index (χ2n) is 8.48. The fourth-order valence-electron chi connectivity index (χ4n) is 4.55. The Balaban J connectivity index is 1.53. The van der Waals surface area contributed by atoms with Crippen LogP contribution in [0.5, 0.6) is 0 Å². The zero-order chi connectivity index (χ0) is 22.0. The second-order valence-corrected chi connectivity index (χ2v) is 9.39. The number of benzene rings is 2. The lowest BCUT2D eigenvalue weighted by molar-refractivity contribution is -0.0687. The molecular formula is C24H27BrF2N2O2. The van der Waals surface area contributed by atoms with Gasteiger partial charge in [-0.05, 0) is 48.7 Å². The average Bonchev–Trinajstić information content (AvgIpc) is 3.18. The van der Waals surface area contributed by atoms with Crippen LogP contribution >= 0.6 is 15.9 Å². The van der Waals surface area contributed by atoms with E-state index in [2.05, 4.69) is 20.8 Å². The highest BCUT2D eigenvalue weighted by molar-refractivity contribution is 9.10. The number of amides is 1. The third-order valence-electron chi connectivity index (χ3n) is 6.51. The van der Waals surface area contributed by atoms with Gasteiger partial charge in [-0.3, -0.25) is 0 Å². The first-order valence-corrected chi connectivity index (χ1v) is 11.5. The summed E-state index contributed by atoms with van der Waals surface area (Å²) in [6.07, 6.45) is 0.520. The molecule has 0 N–H and O–H groups in total. The summed E-state index contributed by atoms with van der Waals surface area (Å²) in [5, 5.41) is 0. The first-order valence-electron chi connectivity index (χ1n) is 10.7. The Bertz CT molecular complexity index is 909. The van der Waals surface area contributed by atoms with E-state index in [1.54, 1.807) is 17.0 Å². The smallest absolute Gasteiger partial charge is 0.411 e. The van der Waals surface area contributed by atoms with Crippen molar-refractivity contribution in [3.8, 4) is 0 Å². The number of cyclic esters (lactones) is 1. The standard InChI is InChI=1S/C24H27BrF2N2O2/c1-17(18-2-6-20(25)7-3-18)29-15-12-24(31-23(29)30,19-4-8-21(26)9-5-19)11-14-28-13-10-22(27)16-28/h2-9,17,22H,10-16H2,1H3/t17-,22?,24?/m0/s1. The van der Waals surface area contributed by atoms with Gasteiger partial charge in [-0.15, -0.1) is 0 Å². The van der Waals surface area contributed by atoms with Crippen LogP contribution in [-0.2, 0) is 10.3 Å². The first-order chi connectivity index (χ1) is 14.9. The van der Waals surface area contributed by atoms with Crippen LogP contribution < -0.4 is 0 Å². The van der Waals surface area contributed by atoms with Gasteiger partial charge in [0.05, 0.1) is 6.04 Å². The van der Waals surface area contributed by atoms with Crippen LogP contribution in [0.3, 0.4) is 0 Å². The Labute approximate surface area is 190 Å². The van der Waals surface area contributed by atoms with Gasteiger partial charge in [0, 0.05) is 43.5 Å². The number of halogens is 3. The Morgan fingerprint density at radius 3 is 2.48 bits per heavy atom. The van der Waals surface area contributed by atoms with E-state index in [1.165, 1.54) is 12.1 Å². The molecule has 0 bridgehead atoms. The minimum Gasteiger partial charge on any atom is -0.438 e. The van der Waals surface area contributed by atoms with E-state index in [0.29, 0.717) is 45.4 Å². The third kappa shape index (κ3) is 4.93.